The summed E-state index contributed by atoms with van der Waals surface area (Å²) >= 11 is 0. The SMILES string of the molecule is COc1cc(OC)c(/C=C/C(=O)C(=O)C2=CCCCO2)c(OC)c1. The summed E-state index contributed by atoms with van der Waals surface area (Å²) < 4.78 is 21.0. The molecule has 0 radical (unpaired) electrons. The van der Waals surface area contributed by atoms with Crippen molar-refractivity contribution in [2.75, 3.05) is 27.9 Å². The molecule has 0 fully saturated rings. The molecular weight excluding hydrogens is 312 g/mol. The number of methoxy groups -OCH3 is 3. The first-order chi connectivity index (χ1) is 11.6. The number of carbonyl (C=O) groups excluding carboxylic acids is 2. The summed E-state index contributed by atoms with van der Waals surface area (Å²) in [5.41, 5.74) is 0.542. The van der Waals surface area contributed by atoms with Crippen LogP contribution in [0.25, 0.3) is 6.08 Å². The molecule has 0 spiro atoms. The number of carbonyl (C=O) groups is 2. The van der Waals surface area contributed by atoms with Gasteiger partial charge >= 0.3 is 0 Å². The highest BCUT2D eigenvalue weighted by Gasteiger charge is 2.20. The molecule has 1 aliphatic rings. The van der Waals surface area contributed by atoms with E-state index in [2.05, 4.69) is 0 Å². The van der Waals surface area contributed by atoms with Crippen LogP contribution in [0.5, 0.6) is 17.2 Å². The molecule has 0 saturated carbocycles. The summed E-state index contributed by atoms with van der Waals surface area (Å²) in [7, 11) is 4.53. The number of hydrogen-bond acceptors (Lipinski definition) is 6. The number of hydrogen-bond donors (Lipinski definition) is 0. The van der Waals surface area contributed by atoms with Crippen molar-refractivity contribution in [2.24, 2.45) is 0 Å². The van der Waals surface area contributed by atoms with Gasteiger partial charge in [0.15, 0.2) is 5.76 Å². The molecule has 1 aliphatic heterocycles. The standard InChI is InChI=1S/C18H20O6/c1-21-12-10-16(22-2)13(17(11-12)23-3)7-8-14(19)18(20)15-6-4-5-9-24-15/h6-8,10-11H,4-5,9H2,1-3H3/b8-7+. The van der Waals surface area contributed by atoms with Crippen LogP contribution >= 0.6 is 0 Å². The van der Waals surface area contributed by atoms with E-state index in [0.717, 1.165) is 12.8 Å². The van der Waals surface area contributed by atoms with Crippen molar-refractivity contribution < 1.29 is 28.5 Å². The Balaban J connectivity index is 2.25. The summed E-state index contributed by atoms with van der Waals surface area (Å²) in [6, 6.07) is 3.34. The maximum atomic E-state index is 12.1. The minimum absolute atomic E-state index is 0.115. The van der Waals surface area contributed by atoms with Crippen LogP contribution in [0.15, 0.2) is 30.0 Å². The lowest BCUT2D eigenvalue weighted by Crippen LogP contribution is -2.18. The molecule has 2 rings (SSSR count). The van der Waals surface area contributed by atoms with E-state index in [-0.39, 0.29) is 5.76 Å². The van der Waals surface area contributed by atoms with E-state index in [0.29, 0.717) is 29.4 Å². The third-order valence-electron chi connectivity index (χ3n) is 3.54. The predicted molar refractivity (Wildman–Crippen MR) is 88.4 cm³/mol. The summed E-state index contributed by atoms with van der Waals surface area (Å²) in [6.45, 7) is 0.453. The number of benzene rings is 1. The Hall–Kier alpha value is -2.76. The Bertz CT molecular complexity index is 662. The van der Waals surface area contributed by atoms with Gasteiger partial charge in [0.05, 0.1) is 33.5 Å². The van der Waals surface area contributed by atoms with Crippen molar-refractivity contribution in [3.8, 4) is 17.2 Å². The summed E-state index contributed by atoms with van der Waals surface area (Å²) in [4.78, 5) is 24.1. The lowest BCUT2D eigenvalue weighted by atomic mass is 10.1. The Morgan fingerprint density at radius 3 is 2.25 bits per heavy atom. The third kappa shape index (κ3) is 3.95. The fourth-order valence-electron chi connectivity index (χ4n) is 2.27. The van der Waals surface area contributed by atoms with Crippen LogP contribution in [0.3, 0.4) is 0 Å². The van der Waals surface area contributed by atoms with Crippen molar-refractivity contribution in [1.82, 2.24) is 0 Å². The van der Waals surface area contributed by atoms with Gasteiger partial charge in [0, 0.05) is 12.1 Å². The zero-order chi connectivity index (χ0) is 17.5. The van der Waals surface area contributed by atoms with Gasteiger partial charge in [-0.15, -0.1) is 0 Å². The highest BCUT2D eigenvalue weighted by molar-refractivity contribution is 6.47. The molecule has 0 amide bonds. The van der Waals surface area contributed by atoms with Crippen LogP contribution in [0.1, 0.15) is 18.4 Å². The van der Waals surface area contributed by atoms with Crippen LogP contribution in [0.2, 0.25) is 0 Å². The van der Waals surface area contributed by atoms with E-state index >= 15 is 0 Å². The second-order valence-electron chi connectivity index (χ2n) is 5.03. The molecule has 6 heteroatoms. The molecule has 24 heavy (non-hydrogen) atoms. The minimum atomic E-state index is -0.664. The van der Waals surface area contributed by atoms with E-state index in [1.807, 2.05) is 0 Å². The van der Waals surface area contributed by atoms with E-state index in [4.69, 9.17) is 18.9 Å². The van der Waals surface area contributed by atoms with Crippen molar-refractivity contribution in [3.63, 3.8) is 0 Å². The second kappa shape index (κ2) is 8.19. The molecular formula is C18H20O6. The van der Waals surface area contributed by atoms with Crippen molar-refractivity contribution in [1.29, 1.82) is 0 Å². The monoisotopic (exact) mass is 332 g/mol. The molecule has 1 aromatic carbocycles. The maximum absolute atomic E-state index is 12.1. The van der Waals surface area contributed by atoms with Gasteiger partial charge in [-0.2, -0.15) is 0 Å². The average Bonchev–Trinajstić information content (AvgIpc) is 2.65. The van der Waals surface area contributed by atoms with Gasteiger partial charge in [0.1, 0.15) is 17.2 Å². The lowest BCUT2D eigenvalue weighted by Gasteiger charge is -2.13. The molecule has 0 aromatic heterocycles. The van der Waals surface area contributed by atoms with E-state index in [1.54, 1.807) is 18.2 Å². The second-order valence-corrected chi connectivity index (χ2v) is 5.03. The van der Waals surface area contributed by atoms with Crippen LogP contribution < -0.4 is 14.2 Å². The van der Waals surface area contributed by atoms with Gasteiger partial charge in [-0.3, -0.25) is 9.59 Å². The molecule has 0 saturated heterocycles. The number of ether oxygens (including phenoxy) is 4. The number of ketones is 2. The van der Waals surface area contributed by atoms with Crippen molar-refractivity contribution >= 4 is 17.6 Å². The summed E-state index contributed by atoms with van der Waals surface area (Å²) in [5.74, 6) is 0.292. The Labute approximate surface area is 140 Å². The Morgan fingerprint density at radius 2 is 1.75 bits per heavy atom. The maximum Gasteiger partial charge on any atom is 0.266 e. The van der Waals surface area contributed by atoms with Crippen LogP contribution in [0.4, 0.5) is 0 Å². The normalized spacial score (nSPS) is 13.9. The smallest absolute Gasteiger partial charge is 0.266 e. The highest BCUT2D eigenvalue weighted by Crippen LogP contribution is 2.35. The first kappa shape index (κ1) is 17.6. The van der Waals surface area contributed by atoms with Gasteiger partial charge in [0.25, 0.3) is 5.78 Å². The summed E-state index contributed by atoms with van der Waals surface area (Å²) in [6.07, 6.45) is 5.90. The average molecular weight is 332 g/mol. The van der Waals surface area contributed by atoms with Crippen LogP contribution in [0, 0.1) is 0 Å². The molecule has 0 aliphatic carbocycles. The highest BCUT2D eigenvalue weighted by atomic mass is 16.5. The molecule has 6 nitrogen and oxygen atoms in total. The summed E-state index contributed by atoms with van der Waals surface area (Å²) in [5, 5.41) is 0. The minimum Gasteiger partial charge on any atom is -0.496 e. The quantitative estimate of drug-likeness (QED) is 0.564. The number of allylic oxidation sites excluding steroid dienone is 3. The fourth-order valence-corrected chi connectivity index (χ4v) is 2.27. The lowest BCUT2D eigenvalue weighted by molar-refractivity contribution is -0.133. The molecule has 0 atom stereocenters. The fraction of sp³-hybridized carbons (Fsp3) is 0.333. The predicted octanol–water partition coefficient (Wildman–Crippen LogP) is 2.56. The molecule has 128 valence electrons. The van der Waals surface area contributed by atoms with Gasteiger partial charge in [-0.1, -0.05) is 0 Å². The molecule has 1 heterocycles. The van der Waals surface area contributed by atoms with Crippen molar-refractivity contribution in [3.05, 3.63) is 35.6 Å². The molecule has 1 aromatic rings. The molecule has 0 N–H and O–H groups in total. The number of rotatable bonds is 7. The van der Waals surface area contributed by atoms with Crippen molar-refractivity contribution in [2.45, 2.75) is 12.8 Å². The van der Waals surface area contributed by atoms with Crippen LogP contribution in [-0.4, -0.2) is 39.5 Å². The largest absolute Gasteiger partial charge is 0.496 e. The third-order valence-corrected chi connectivity index (χ3v) is 3.54. The topological polar surface area (TPSA) is 71.1 Å². The van der Waals surface area contributed by atoms with E-state index in [9.17, 15) is 9.59 Å². The Morgan fingerprint density at radius 1 is 1.08 bits per heavy atom. The van der Waals surface area contributed by atoms with Gasteiger partial charge in [-0.05, 0) is 31.1 Å². The van der Waals surface area contributed by atoms with Gasteiger partial charge in [-0.25, -0.2) is 0 Å². The first-order valence-electron chi connectivity index (χ1n) is 7.50. The Kier molecular flexibility index (Phi) is 6.01. The molecule has 0 bridgehead atoms. The first-order valence-corrected chi connectivity index (χ1v) is 7.50. The number of Topliss-reactive ketones (excluding diaryl/α,β-unsaturated/α-hetero) is 1. The van der Waals surface area contributed by atoms with E-state index in [1.165, 1.54) is 33.5 Å². The molecule has 0 unspecified atom stereocenters. The van der Waals surface area contributed by atoms with Gasteiger partial charge in [0.2, 0.25) is 5.78 Å². The zero-order valence-corrected chi connectivity index (χ0v) is 14.0. The zero-order valence-electron chi connectivity index (χ0n) is 14.0. The van der Waals surface area contributed by atoms with Gasteiger partial charge < -0.3 is 18.9 Å². The van der Waals surface area contributed by atoms with Crippen LogP contribution in [-0.2, 0) is 14.3 Å². The van der Waals surface area contributed by atoms with E-state index < -0.39 is 11.6 Å².